The molecule has 0 bridgehead atoms. The second-order valence-electron chi connectivity index (χ2n) is 7.31. The van der Waals surface area contributed by atoms with Crippen molar-refractivity contribution in [3.8, 4) is 0 Å². The lowest BCUT2D eigenvalue weighted by Gasteiger charge is -2.32. The molecule has 7 heteroatoms. The zero-order chi connectivity index (χ0) is 21.1. The third-order valence-electron chi connectivity index (χ3n) is 5.10. The fourth-order valence-electron chi connectivity index (χ4n) is 3.50. The first-order valence-corrected chi connectivity index (χ1v) is 10.5. The first-order valence-electron chi connectivity index (χ1n) is 9.77. The largest absolute Gasteiger partial charge is 0.367 e. The van der Waals surface area contributed by atoms with E-state index in [2.05, 4.69) is 33.5 Å². The van der Waals surface area contributed by atoms with Crippen molar-refractivity contribution in [3.05, 3.63) is 87.0 Å². The Morgan fingerprint density at radius 3 is 2.77 bits per heavy atom. The predicted molar refractivity (Wildman–Crippen MR) is 123 cm³/mol. The van der Waals surface area contributed by atoms with Gasteiger partial charge in [-0.05, 0) is 36.2 Å². The van der Waals surface area contributed by atoms with E-state index in [4.69, 9.17) is 23.2 Å². The van der Waals surface area contributed by atoms with Gasteiger partial charge >= 0.3 is 0 Å². The van der Waals surface area contributed by atoms with Gasteiger partial charge in [-0.15, -0.1) is 0 Å². The maximum Gasteiger partial charge on any atom is 0.253 e. The number of carbonyl (C=O) groups is 1. The molecule has 1 aromatic heterocycles. The first kappa shape index (κ1) is 20.5. The van der Waals surface area contributed by atoms with E-state index in [0.29, 0.717) is 23.7 Å². The molecule has 1 aliphatic heterocycles. The zero-order valence-corrected chi connectivity index (χ0v) is 18.1. The third-order valence-corrected chi connectivity index (χ3v) is 5.84. The summed E-state index contributed by atoms with van der Waals surface area (Å²) in [5.74, 6) is 0.581. The summed E-state index contributed by atoms with van der Waals surface area (Å²) < 4.78 is 0. The summed E-state index contributed by atoms with van der Waals surface area (Å²) in [6.45, 7) is 4.64. The number of aryl methyl sites for hydroxylation is 1. The van der Waals surface area contributed by atoms with Crippen LogP contribution in [0.3, 0.4) is 0 Å². The Balaban J connectivity index is 1.53. The maximum atomic E-state index is 12.7. The highest BCUT2D eigenvalue weighted by molar-refractivity contribution is 6.31. The first-order chi connectivity index (χ1) is 14.5. The molecule has 2 aromatic carbocycles. The molecule has 5 nitrogen and oxygen atoms in total. The Morgan fingerprint density at radius 1 is 1.13 bits per heavy atom. The quantitative estimate of drug-likeness (QED) is 0.581. The van der Waals surface area contributed by atoms with E-state index in [0.717, 1.165) is 46.3 Å². The van der Waals surface area contributed by atoms with E-state index in [1.54, 1.807) is 6.20 Å². The topological polar surface area (TPSA) is 57.3 Å². The Morgan fingerprint density at radius 2 is 1.93 bits per heavy atom. The Kier molecular flexibility index (Phi) is 6.11. The summed E-state index contributed by atoms with van der Waals surface area (Å²) in [6.07, 6.45) is 1.59. The number of carbonyl (C=O) groups excluding carboxylic acids is 1. The third kappa shape index (κ3) is 4.53. The molecule has 1 aliphatic rings. The van der Waals surface area contributed by atoms with Gasteiger partial charge in [0.25, 0.3) is 5.91 Å². The van der Waals surface area contributed by atoms with Gasteiger partial charge in [0, 0.05) is 42.4 Å². The van der Waals surface area contributed by atoms with Crippen molar-refractivity contribution in [1.82, 2.24) is 10.3 Å². The number of nitrogens with one attached hydrogen (secondary N) is 2. The van der Waals surface area contributed by atoms with Gasteiger partial charge in [-0.1, -0.05) is 59.1 Å². The number of amides is 1. The Labute approximate surface area is 186 Å². The SMILES string of the molecule is Cc1ccc(Cl)c(CN2CCNc3ncc(C(=O)NCc4ccccc4Cl)cc32)c1. The van der Waals surface area contributed by atoms with E-state index in [1.807, 2.05) is 42.5 Å². The van der Waals surface area contributed by atoms with Gasteiger partial charge in [0.05, 0.1) is 11.3 Å². The van der Waals surface area contributed by atoms with Crippen LogP contribution in [-0.4, -0.2) is 24.0 Å². The molecule has 0 atom stereocenters. The molecule has 3 aromatic rings. The van der Waals surface area contributed by atoms with Crippen LogP contribution in [0.2, 0.25) is 10.0 Å². The van der Waals surface area contributed by atoms with Crippen LogP contribution in [0, 0.1) is 6.92 Å². The van der Waals surface area contributed by atoms with E-state index in [9.17, 15) is 4.79 Å². The molecule has 2 N–H and O–H groups in total. The maximum absolute atomic E-state index is 12.7. The van der Waals surface area contributed by atoms with Crippen LogP contribution < -0.4 is 15.5 Å². The summed E-state index contributed by atoms with van der Waals surface area (Å²) in [7, 11) is 0. The van der Waals surface area contributed by atoms with E-state index < -0.39 is 0 Å². The minimum Gasteiger partial charge on any atom is -0.367 e. The molecule has 0 unspecified atom stereocenters. The number of benzene rings is 2. The van der Waals surface area contributed by atoms with E-state index in [-0.39, 0.29) is 5.91 Å². The monoisotopic (exact) mass is 440 g/mol. The van der Waals surface area contributed by atoms with Gasteiger partial charge in [-0.25, -0.2) is 4.98 Å². The van der Waals surface area contributed by atoms with Crippen molar-refractivity contribution in [2.45, 2.75) is 20.0 Å². The molecular weight excluding hydrogens is 419 g/mol. The molecule has 30 heavy (non-hydrogen) atoms. The Hall–Kier alpha value is -2.76. The fourth-order valence-corrected chi connectivity index (χ4v) is 3.88. The molecular formula is C23H22Cl2N4O. The van der Waals surface area contributed by atoms with Crippen LogP contribution in [0.4, 0.5) is 11.5 Å². The van der Waals surface area contributed by atoms with Crippen LogP contribution in [0.25, 0.3) is 0 Å². The average Bonchev–Trinajstić information content (AvgIpc) is 2.75. The number of hydrogen-bond donors (Lipinski definition) is 2. The molecule has 154 valence electrons. The van der Waals surface area contributed by atoms with Crippen molar-refractivity contribution in [2.24, 2.45) is 0 Å². The summed E-state index contributed by atoms with van der Waals surface area (Å²) in [5, 5.41) is 7.59. The lowest BCUT2D eigenvalue weighted by Crippen LogP contribution is -2.34. The van der Waals surface area contributed by atoms with Crippen LogP contribution in [0.15, 0.2) is 54.7 Å². The van der Waals surface area contributed by atoms with Crippen LogP contribution in [-0.2, 0) is 13.1 Å². The van der Waals surface area contributed by atoms with Crippen LogP contribution in [0.1, 0.15) is 27.0 Å². The van der Waals surface area contributed by atoms with Gasteiger partial charge < -0.3 is 15.5 Å². The van der Waals surface area contributed by atoms with Crippen molar-refractivity contribution in [2.75, 3.05) is 23.3 Å². The van der Waals surface area contributed by atoms with Crippen molar-refractivity contribution in [3.63, 3.8) is 0 Å². The number of pyridine rings is 1. The predicted octanol–water partition coefficient (Wildman–Crippen LogP) is 5.06. The molecule has 1 amide bonds. The molecule has 0 saturated heterocycles. The van der Waals surface area contributed by atoms with Crippen molar-refractivity contribution in [1.29, 1.82) is 0 Å². The van der Waals surface area contributed by atoms with Crippen molar-refractivity contribution >= 4 is 40.6 Å². The number of halogens is 2. The van der Waals surface area contributed by atoms with Crippen molar-refractivity contribution < 1.29 is 4.79 Å². The highest BCUT2D eigenvalue weighted by Crippen LogP contribution is 2.30. The Bertz CT molecular complexity index is 1090. The number of hydrogen-bond acceptors (Lipinski definition) is 4. The summed E-state index contributed by atoms with van der Waals surface area (Å²) in [6, 6.07) is 15.4. The highest BCUT2D eigenvalue weighted by atomic mass is 35.5. The van der Waals surface area contributed by atoms with Gasteiger partial charge in [-0.3, -0.25) is 4.79 Å². The number of anilines is 2. The van der Waals surface area contributed by atoms with Crippen LogP contribution in [0.5, 0.6) is 0 Å². The van der Waals surface area contributed by atoms with E-state index >= 15 is 0 Å². The lowest BCUT2D eigenvalue weighted by atomic mass is 10.1. The molecule has 4 rings (SSSR count). The molecule has 0 fully saturated rings. The second kappa shape index (κ2) is 8.94. The minimum atomic E-state index is -0.190. The minimum absolute atomic E-state index is 0.190. The van der Waals surface area contributed by atoms with Gasteiger partial charge in [0.2, 0.25) is 0 Å². The van der Waals surface area contributed by atoms with Crippen LogP contribution >= 0.6 is 23.2 Å². The fraction of sp³-hybridized carbons (Fsp3) is 0.217. The molecule has 0 radical (unpaired) electrons. The molecule has 0 spiro atoms. The molecule has 2 heterocycles. The van der Waals surface area contributed by atoms with Gasteiger partial charge in [0.1, 0.15) is 5.82 Å². The van der Waals surface area contributed by atoms with Gasteiger partial charge in [0.15, 0.2) is 0 Å². The van der Waals surface area contributed by atoms with Gasteiger partial charge in [-0.2, -0.15) is 0 Å². The number of fused-ring (bicyclic) bond motifs is 1. The molecule has 0 saturated carbocycles. The molecule has 0 aliphatic carbocycles. The highest BCUT2D eigenvalue weighted by Gasteiger charge is 2.21. The van der Waals surface area contributed by atoms with E-state index in [1.165, 1.54) is 0 Å². The number of rotatable bonds is 5. The standard InChI is InChI=1S/C23H22Cl2N4O/c1-15-6-7-20(25)18(10-15)14-29-9-8-26-22-21(29)11-17(13-27-22)23(30)28-12-16-4-2-3-5-19(16)24/h2-7,10-11,13H,8-9,12,14H2,1H3,(H,26,27)(H,28,30). The summed E-state index contributed by atoms with van der Waals surface area (Å²) >= 11 is 12.6. The smallest absolute Gasteiger partial charge is 0.253 e. The summed E-state index contributed by atoms with van der Waals surface area (Å²) in [4.78, 5) is 19.4. The summed E-state index contributed by atoms with van der Waals surface area (Å²) in [5.41, 5.74) is 4.48. The average molecular weight is 441 g/mol. The second-order valence-corrected chi connectivity index (χ2v) is 8.12. The number of nitrogens with zero attached hydrogens (tertiary/aromatic N) is 2. The zero-order valence-electron chi connectivity index (χ0n) is 16.6. The lowest BCUT2D eigenvalue weighted by molar-refractivity contribution is 0.0950. The normalized spacial score (nSPS) is 12.8. The number of aromatic nitrogens is 1.